The van der Waals surface area contributed by atoms with Gasteiger partial charge in [-0.05, 0) is 42.7 Å². The lowest BCUT2D eigenvalue weighted by Gasteiger charge is -2.26. The fourth-order valence-electron chi connectivity index (χ4n) is 3.20. The van der Waals surface area contributed by atoms with Crippen LogP contribution in [0.1, 0.15) is 45.1 Å². The van der Waals surface area contributed by atoms with Gasteiger partial charge >= 0.3 is 0 Å². The molecular weight excluding hydrogens is 380 g/mol. The van der Waals surface area contributed by atoms with Crippen molar-refractivity contribution in [3.63, 3.8) is 0 Å². The van der Waals surface area contributed by atoms with Crippen LogP contribution in [0, 0.1) is 11.3 Å². The van der Waals surface area contributed by atoms with Crippen LogP contribution in [-0.4, -0.2) is 37.0 Å². The summed E-state index contributed by atoms with van der Waals surface area (Å²) >= 11 is 0. The third-order valence-electron chi connectivity index (χ3n) is 4.89. The Morgan fingerprint density at radius 1 is 1.17 bits per heavy atom. The van der Waals surface area contributed by atoms with Gasteiger partial charge in [-0.3, -0.25) is 14.5 Å². The average molecular weight is 408 g/mol. The molecule has 6 nitrogen and oxygen atoms in total. The second kappa shape index (κ2) is 11.0. The van der Waals surface area contributed by atoms with Crippen LogP contribution in [0.5, 0.6) is 11.5 Å². The molecule has 1 aromatic carbocycles. The monoisotopic (exact) mass is 408 g/mol. The molecule has 1 heterocycles. The highest BCUT2D eigenvalue weighted by Crippen LogP contribution is 2.31. The van der Waals surface area contributed by atoms with E-state index < -0.39 is 11.8 Å². The maximum atomic E-state index is 12.8. The number of unbranched alkanes of at least 4 members (excludes halogenated alkanes) is 3. The number of nitrogens with zero attached hydrogens (tertiary/aromatic N) is 2. The highest BCUT2D eigenvalue weighted by molar-refractivity contribution is 6.19. The van der Waals surface area contributed by atoms with E-state index in [1.165, 1.54) is 18.9 Å². The lowest BCUT2D eigenvalue weighted by atomic mass is 9.93. The van der Waals surface area contributed by atoms with Crippen LogP contribution >= 0.6 is 0 Å². The summed E-state index contributed by atoms with van der Waals surface area (Å²) in [6.45, 7) is 8.01. The van der Waals surface area contributed by atoms with Crippen molar-refractivity contribution < 1.29 is 19.1 Å². The minimum absolute atomic E-state index is 0.0401. The van der Waals surface area contributed by atoms with Gasteiger partial charge < -0.3 is 9.47 Å². The maximum Gasteiger partial charge on any atom is 0.271 e. The molecule has 0 N–H and O–H groups in total. The van der Waals surface area contributed by atoms with Gasteiger partial charge in [-0.15, -0.1) is 6.58 Å². The first-order chi connectivity index (χ1) is 14.5. The molecule has 30 heavy (non-hydrogen) atoms. The maximum absolute atomic E-state index is 12.8. The van der Waals surface area contributed by atoms with Gasteiger partial charge in [-0.2, -0.15) is 5.26 Å². The average Bonchev–Trinajstić information content (AvgIpc) is 2.75. The van der Waals surface area contributed by atoms with Crippen LogP contribution in [0.3, 0.4) is 0 Å². The number of methoxy groups -OCH3 is 1. The predicted octanol–water partition coefficient (Wildman–Crippen LogP) is 4.43. The Bertz CT molecular complexity index is 922. The molecule has 0 saturated carbocycles. The van der Waals surface area contributed by atoms with E-state index >= 15 is 0 Å². The smallest absolute Gasteiger partial charge is 0.271 e. The number of imide groups is 1. The van der Waals surface area contributed by atoms with Crippen molar-refractivity contribution >= 4 is 17.9 Å². The largest absolute Gasteiger partial charge is 0.493 e. The number of nitriles is 1. The van der Waals surface area contributed by atoms with E-state index in [4.69, 9.17) is 9.47 Å². The van der Waals surface area contributed by atoms with Crippen LogP contribution in [-0.2, 0) is 9.59 Å². The van der Waals surface area contributed by atoms with Crippen molar-refractivity contribution in [2.24, 2.45) is 0 Å². The molecule has 0 unspecified atom stereocenters. The summed E-state index contributed by atoms with van der Waals surface area (Å²) in [5, 5.41) is 9.39. The summed E-state index contributed by atoms with van der Waals surface area (Å²) in [7, 11) is 1.56. The lowest BCUT2D eigenvalue weighted by molar-refractivity contribution is -0.139. The highest BCUT2D eigenvalue weighted by atomic mass is 16.5. The van der Waals surface area contributed by atoms with E-state index in [9.17, 15) is 14.9 Å². The van der Waals surface area contributed by atoms with Crippen LogP contribution < -0.4 is 9.47 Å². The van der Waals surface area contributed by atoms with Gasteiger partial charge in [-0.25, -0.2) is 0 Å². The third kappa shape index (κ3) is 5.18. The second-order valence-corrected chi connectivity index (χ2v) is 7.00. The van der Waals surface area contributed by atoms with Gasteiger partial charge in [0.2, 0.25) is 0 Å². The zero-order valence-electron chi connectivity index (χ0n) is 17.9. The lowest BCUT2D eigenvalue weighted by Crippen LogP contribution is -2.42. The Morgan fingerprint density at radius 2 is 1.93 bits per heavy atom. The topological polar surface area (TPSA) is 79.6 Å². The molecule has 0 atom stereocenters. The van der Waals surface area contributed by atoms with Gasteiger partial charge in [0.05, 0.1) is 13.7 Å². The summed E-state index contributed by atoms with van der Waals surface area (Å²) in [6, 6.07) is 7.30. The Balaban J connectivity index is 2.33. The summed E-state index contributed by atoms with van der Waals surface area (Å²) in [5.74, 6) is 0.150. The van der Waals surface area contributed by atoms with Crippen molar-refractivity contribution in [3.8, 4) is 17.6 Å². The molecular formula is C24H28N2O4. The van der Waals surface area contributed by atoms with E-state index in [1.54, 1.807) is 32.2 Å². The van der Waals surface area contributed by atoms with Crippen LogP contribution in [0.2, 0.25) is 0 Å². The first-order valence-electron chi connectivity index (χ1n) is 10.1. The van der Waals surface area contributed by atoms with Gasteiger partial charge in [0.1, 0.15) is 11.6 Å². The number of amides is 2. The quantitative estimate of drug-likeness (QED) is 0.248. The Hall–Kier alpha value is -3.33. The number of hydrogen-bond donors (Lipinski definition) is 0. The molecule has 0 fully saturated rings. The molecule has 2 amide bonds. The SMILES string of the molecule is C=CCN1C(=O)C(C#N)=C(C)/C(=C\c2ccc(OCCCCCC)c(OC)c2)C1=O. The molecule has 6 heteroatoms. The Morgan fingerprint density at radius 3 is 2.57 bits per heavy atom. The van der Waals surface area contributed by atoms with Crippen molar-refractivity contribution in [2.45, 2.75) is 39.5 Å². The number of rotatable bonds is 10. The molecule has 0 saturated heterocycles. The minimum atomic E-state index is -0.596. The molecule has 0 bridgehead atoms. The standard InChI is InChI=1S/C24H28N2O4/c1-5-7-8-9-13-30-21-11-10-18(15-22(21)29-4)14-19-17(3)20(16-25)24(28)26(12-6-2)23(19)27/h6,10-11,14-15H,2,5,7-9,12-13H2,1,3-4H3/b19-14+. The number of ether oxygens (including phenoxy) is 2. The number of carbonyl (C=O) groups excluding carboxylic acids is 2. The summed E-state index contributed by atoms with van der Waals surface area (Å²) in [4.78, 5) is 26.3. The van der Waals surface area contributed by atoms with Crippen molar-refractivity contribution in [1.82, 2.24) is 4.90 Å². The van der Waals surface area contributed by atoms with E-state index in [0.29, 0.717) is 34.8 Å². The molecule has 0 aromatic heterocycles. The first-order valence-corrected chi connectivity index (χ1v) is 10.1. The molecule has 2 rings (SSSR count). The Kier molecular flexibility index (Phi) is 8.42. The highest BCUT2D eigenvalue weighted by Gasteiger charge is 2.34. The minimum Gasteiger partial charge on any atom is -0.493 e. The van der Waals surface area contributed by atoms with Gasteiger partial charge in [0.25, 0.3) is 11.8 Å². The van der Waals surface area contributed by atoms with Gasteiger partial charge in [0.15, 0.2) is 11.5 Å². The summed E-state index contributed by atoms with van der Waals surface area (Å²) in [5.41, 5.74) is 1.33. The zero-order valence-corrected chi connectivity index (χ0v) is 17.9. The molecule has 1 aromatic rings. The zero-order chi connectivity index (χ0) is 22.1. The van der Waals surface area contributed by atoms with Gasteiger partial charge in [0, 0.05) is 12.1 Å². The molecule has 0 radical (unpaired) electrons. The molecule has 0 spiro atoms. The third-order valence-corrected chi connectivity index (χ3v) is 4.89. The predicted molar refractivity (Wildman–Crippen MR) is 116 cm³/mol. The fraction of sp³-hybridized carbons (Fsp3) is 0.375. The fourth-order valence-corrected chi connectivity index (χ4v) is 3.20. The normalized spacial score (nSPS) is 15.4. The molecule has 1 aliphatic heterocycles. The first kappa shape index (κ1) is 23.0. The van der Waals surface area contributed by atoms with Crippen molar-refractivity contribution in [1.29, 1.82) is 5.26 Å². The molecule has 1 aliphatic rings. The van der Waals surface area contributed by atoms with Crippen molar-refractivity contribution in [2.75, 3.05) is 20.3 Å². The molecule has 0 aliphatic carbocycles. The van der Waals surface area contributed by atoms with Crippen LogP contribution in [0.15, 0.2) is 47.6 Å². The second-order valence-electron chi connectivity index (χ2n) is 7.00. The van der Waals surface area contributed by atoms with Crippen LogP contribution in [0.25, 0.3) is 6.08 Å². The van der Waals surface area contributed by atoms with Crippen LogP contribution in [0.4, 0.5) is 0 Å². The van der Waals surface area contributed by atoms with E-state index in [-0.39, 0.29) is 12.1 Å². The number of benzene rings is 1. The van der Waals surface area contributed by atoms with E-state index in [1.807, 2.05) is 12.1 Å². The van der Waals surface area contributed by atoms with E-state index in [2.05, 4.69) is 13.5 Å². The number of hydrogen-bond acceptors (Lipinski definition) is 5. The Labute approximate surface area is 178 Å². The summed E-state index contributed by atoms with van der Waals surface area (Å²) < 4.78 is 11.3. The number of carbonyl (C=O) groups is 2. The van der Waals surface area contributed by atoms with Gasteiger partial charge in [-0.1, -0.05) is 38.3 Å². The van der Waals surface area contributed by atoms with E-state index in [0.717, 1.165) is 17.7 Å². The van der Waals surface area contributed by atoms with Crippen molar-refractivity contribution in [3.05, 3.63) is 53.1 Å². The molecule has 158 valence electrons. The summed E-state index contributed by atoms with van der Waals surface area (Å²) in [6.07, 6.45) is 7.57.